The molecule has 1 amide bonds. The third-order valence-corrected chi connectivity index (χ3v) is 3.31. The summed E-state index contributed by atoms with van der Waals surface area (Å²) >= 11 is 5.74. The van der Waals surface area contributed by atoms with Gasteiger partial charge in [0, 0.05) is 10.7 Å². The fourth-order valence-corrected chi connectivity index (χ4v) is 2.11. The van der Waals surface area contributed by atoms with Crippen LogP contribution in [-0.4, -0.2) is 18.5 Å². The summed E-state index contributed by atoms with van der Waals surface area (Å²) in [6.07, 6.45) is -4.63. The number of esters is 1. The summed E-state index contributed by atoms with van der Waals surface area (Å²) in [5, 5.41) is 2.30. The van der Waals surface area contributed by atoms with Crippen molar-refractivity contribution in [1.82, 2.24) is 0 Å². The molecule has 0 unspecified atom stereocenters. The summed E-state index contributed by atoms with van der Waals surface area (Å²) in [6.45, 7) is -0.781. The molecular weight excluding hydrogens is 361 g/mol. The number of nitrogens with two attached hydrogens (primary N) is 1. The van der Waals surface area contributed by atoms with E-state index < -0.39 is 35.9 Å². The van der Waals surface area contributed by atoms with Crippen LogP contribution in [0.3, 0.4) is 0 Å². The second-order valence-corrected chi connectivity index (χ2v) is 5.34. The van der Waals surface area contributed by atoms with Gasteiger partial charge in [-0.05, 0) is 30.3 Å². The van der Waals surface area contributed by atoms with Gasteiger partial charge in [0.1, 0.15) is 0 Å². The first kappa shape index (κ1) is 18.6. The van der Waals surface area contributed by atoms with Crippen molar-refractivity contribution in [1.29, 1.82) is 0 Å². The Morgan fingerprint density at radius 3 is 2.52 bits per heavy atom. The van der Waals surface area contributed by atoms with E-state index in [2.05, 4.69) is 5.32 Å². The maximum absolute atomic E-state index is 12.9. The molecule has 0 aliphatic heterocycles. The number of halogens is 4. The molecule has 25 heavy (non-hydrogen) atoms. The number of hydrogen-bond acceptors (Lipinski definition) is 4. The minimum atomic E-state index is -4.63. The normalized spacial score (nSPS) is 11.0. The topological polar surface area (TPSA) is 81.4 Å². The summed E-state index contributed by atoms with van der Waals surface area (Å²) < 4.78 is 43.3. The number of anilines is 2. The molecule has 0 atom stereocenters. The Kier molecular flexibility index (Phi) is 5.53. The SMILES string of the molecule is Nc1ccc(Cl)cc1C(=O)OCC(=O)Nc1ccccc1C(F)(F)F. The van der Waals surface area contributed by atoms with Gasteiger partial charge in [0.05, 0.1) is 16.8 Å². The average Bonchev–Trinajstić information content (AvgIpc) is 2.54. The zero-order chi connectivity index (χ0) is 18.6. The zero-order valence-electron chi connectivity index (χ0n) is 12.6. The number of carbonyl (C=O) groups excluding carboxylic acids is 2. The maximum Gasteiger partial charge on any atom is 0.418 e. The summed E-state index contributed by atoms with van der Waals surface area (Å²) in [5.41, 5.74) is 4.21. The molecule has 0 saturated heterocycles. The number of hydrogen-bond donors (Lipinski definition) is 2. The van der Waals surface area contributed by atoms with Crippen LogP contribution in [0.15, 0.2) is 42.5 Å². The number of carbonyl (C=O) groups is 2. The molecule has 0 radical (unpaired) electrons. The van der Waals surface area contributed by atoms with Gasteiger partial charge in [-0.1, -0.05) is 23.7 Å². The van der Waals surface area contributed by atoms with Crippen molar-refractivity contribution >= 4 is 34.9 Å². The number of rotatable bonds is 4. The molecule has 2 aromatic carbocycles. The molecule has 3 N–H and O–H groups in total. The van der Waals surface area contributed by atoms with E-state index in [9.17, 15) is 22.8 Å². The van der Waals surface area contributed by atoms with E-state index in [1.54, 1.807) is 0 Å². The van der Waals surface area contributed by atoms with Crippen LogP contribution >= 0.6 is 11.6 Å². The molecule has 2 aromatic rings. The zero-order valence-corrected chi connectivity index (χ0v) is 13.3. The summed E-state index contributed by atoms with van der Waals surface area (Å²) in [5.74, 6) is -1.84. The van der Waals surface area contributed by atoms with Crippen molar-refractivity contribution in [3.05, 3.63) is 58.6 Å². The van der Waals surface area contributed by atoms with Gasteiger partial charge in [-0.25, -0.2) is 4.79 Å². The lowest BCUT2D eigenvalue weighted by Gasteiger charge is -2.13. The van der Waals surface area contributed by atoms with Crippen molar-refractivity contribution in [3.8, 4) is 0 Å². The highest BCUT2D eigenvalue weighted by Gasteiger charge is 2.33. The predicted molar refractivity (Wildman–Crippen MR) is 86.2 cm³/mol. The van der Waals surface area contributed by atoms with Gasteiger partial charge >= 0.3 is 12.1 Å². The molecule has 132 valence electrons. The number of nitrogens with one attached hydrogen (secondary N) is 1. The van der Waals surface area contributed by atoms with Crippen LogP contribution in [-0.2, 0) is 15.7 Å². The Bertz CT molecular complexity index is 809. The van der Waals surface area contributed by atoms with E-state index in [-0.39, 0.29) is 16.3 Å². The molecule has 0 aliphatic rings. The Morgan fingerprint density at radius 2 is 1.84 bits per heavy atom. The van der Waals surface area contributed by atoms with Crippen LogP contribution in [0.1, 0.15) is 15.9 Å². The lowest BCUT2D eigenvalue weighted by Crippen LogP contribution is -2.23. The van der Waals surface area contributed by atoms with Crippen molar-refractivity contribution in [2.45, 2.75) is 6.18 Å². The monoisotopic (exact) mass is 372 g/mol. The van der Waals surface area contributed by atoms with Crippen molar-refractivity contribution in [2.75, 3.05) is 17.7 Å². The Hall–Kier alpha value is -2.74. The van der Waals surface area contributed by atoms with Gasteiger partial charge < -0.3 is 15.8 Å². The minimum absolute atomic E-state index is 0.0454. The summed E-state index contributed by atoms with van der Waals surface area (Å²) in [7, 11) is 0. The highest BCUT2D eigenvalue weighted by molar-refractivity contribution is 6.31. The Labute approximate surface area is 145 Å². The van der Waals surface area contributed by atoms with Crippen LogP contribution in [0.2, 0.25) is 5.02 Å². The van der Waals surface area contributed by atoms with Crippen LogP contribution in [0, 0.1) is 0 Å². The van der Waals surface area contributed by atoms with Gasteiger partial charge in [-0.15, -0.1) is 0 Å². The highest BCUT2D eigenvalue weighted by atomic mass is 35.5. The number of benzene rings is 2. The molecular formula is C16H12ClF3N2O3. The molecule has 0 aliphatic carbocycles. The molecule has 0 fully saturated rings. The molecule has 9 heteroatoms. The van der Waals surface area contributed by atoms with Gasteiger partial charge in [0.15, 0.2) is 6.61 Å². The van der Waals surface area contributed by atoms with Crippen LogP contribution in [0.25, 0.3) is 0 Å². The number of ether oxygens (including phenoxy) is 1. The molecule has 0 bridgehead atoms. The van der Waals surface area contributed by atoms with Gasteiger partial charge in [-0.2, -0.15) is 13.2 Å². The fraction of sp³-hybridized carbons (Fsp3) is 0.125. The van der Waals surface area contributed by atoms with Crippen molar-refractivity contribution < 1.29 is 27.5 Å². The second kappa shape index (κ2) is 7.43. The van der Waals surface area contributed by atoms with E-state index in [1.807, 2.05) is 0 Å². The quantitative estimate of drug-likeness (QED) is 0.633. The minimum Gasteiger partial charge on any atom is -0.452 e. The average molecular weight is 373 g/mol. The van der Waals surface area contributed by atoms with Gasteiger partial charge in [0.2, 0.25) is 0 Å². The first-order valence-electron chi connectivity index (χ1n) is 6.86. The van der Waals surface area contributed by atoms with E-state index in [0.717, 1.165) is 12.1 Å². The summed E-state index contributed by atoms with van der Waals surface area (Å²) in [6, 6.07) is 8.57. The van der Waals surface area contributed by atoms with Gasteiger partial charge in [0.25, 0.3) is 5.91 Å². The first-order valence-corrected chi connectivity index (χ1v) is 7.24. The Balaban J connectivity index is 2.02. The molecule has 0 saturated carbocycles. The van der Waals surface area contributed by atoms with E-state index in [1.165, 1.54) is 30.3 Å². The molecule has 0 heterocycles. The fourth-order valence-electron chi connectivity index (χ4n) is 1.94. The van der Waals surface area contributed by atoms with Crippen molar-refractivity contribution in [3.63, 3.8) is 0 Å². The molecule has 0 aromatic heterocycles. The maximum atomic E-state index is 12.9. The second-order valence-electron chi connectivity index (χ2n) is 4.90. The number of alkyl halides is 3. The van der Waals surface area contributed by atoms with E-state index in [4.69, 9.17) is 22.1 Å². The lowest BCUT2D eigenvalue weighted by atomic mass is 10.1. The summed E-state index contributed by atoms with van der Waals surface area (Å²) in [4.78, 5) is 23.6. The largest absolute Gasteiger partial charge is 0.452 e. The smallest absolute Gasteiger partial charge is 0.418 e. The predicted octanol–water partition coefficient (Wildman–Crippen LogP) is 3.74. The number of nitrogen functional groups attached to an aromatic ring is 1. The molecule has 0 spiro atoms. The van der Waals surface area contributed by atoms with E-state index >= 15 is 0 Å². The van der Waals surface area contributed by atoms with Crippen LogP contribution in [0.4, 0.5) is 24.5 Å². The molecule has 2 rings (SSSR count). The van der Waals surface area contributed by atoms with Crippen molar-refractivity contribution in [2.24, 2.45) is 0 Å². The highest BCUT2D eigenvalue weighted by Crippen LogP contribution is 2.34. The Morgan fingerprint density at radius 1 is 1.16 bits per heavy atom. The van der Waals surface area contributed by atoms with Gasteiger partial charge in [-0.3, -0.25) is 4.79 Å². The third-order valence-electron chi connectivity index (χ3n) is 3.08. The van der Waals surface area contributed by atoms with E-state index in [0.29, 0.717) is 0 Å². The standard InChI is InChI=1S/C16H12ClF3N2O3/c17-9-5-6-12(21)10(7-9)15(24)25-8-14(23)22-13-4-2-1-3-11(13)16(18,19)20/h1-7H,8,21H2,(H,22,23). The van der Waals surface area contributed by atoms with Crippen LogP contribution < -0.4 is 11.1 Å². The third kappa shape index (κ3) is 4.87. The molecule has 5 nitrogen and oxygen atoms in total. The number of amides is 1. The number of para-hydroxylation sites is 1. The lowest BCUT2D eigenvalue weighted by molar-refractivity contribution is -0.137. The first-order chi connectivity index (χ1) is 11.7. The van der Waals surface area contributed by atoms with Crippen LogP contribution in [0.5, 0.6) is 0 Å².